The highest BCUT2D eigenvalue weighted by Gasteiger charge is 2.10. The molecule has 134 valence electrons. The van der Waals surface area contributed by atoms with Crippen molar-refractivity contribution in [2.45, 2.75) is 91.9 Å². The largest absolute Gasteiger partial charge is 0.396 e. The van der Waals surface area contributed by atoms with E-state index in [2.05, 4.69) is 27.7 Å². The Morgan fingerprint density at radius 2 is 1.05 bits per heavy atom. The molecular formula is C20H42O2. The van der Waals surface area contributed by atoms with E-state index in [0.717, 1.165) is 18.3 Å². The van der Waals surface area contributed by atoms with Gasteiger partial charge in [0.05, 0.1) is 0 Å². The molecule has 2 N–H and O–H groups in total. The Morgan fingerprint density at radius 1 is 0.591 bits per heavy atom. The fourth-order valence-electron chi connectivity index (χ4n) is 3.22. The monoisotopic (exact) mass is 314 g/mol. The summed E-state index contributed by atoms with van der Waals surface area (Å²) in [7, 11) is 0. The van der Waals surface area contributed by atoms with Gasteiger partial charge in [-0.1, -0.05) is 72.6 Å². The highest BCUT2D eigenvalue weighted by atomic mass is 16.3. The summed E-state index contributed by atoms with van der Waals surface area (Å²) in [4.78, 5) is 0. The van der Waals surface area contributed by atoms with Crippen LogP contribution in [0.15, 0.2) is 0 Å². The average Bonchev–Trinajstić information content (AvgIpc) is 2.45. The predicted octanol–water partition coefficient (Wildman–Crippen LogP) is 5.42. The maximum absolute atomic E-state index is 9.49. The Labute approximate surface area is 139 Å². The van der Waals surface area contributed by atoms with Crippen molar-refractivity contribution in [1.82, 2.24) is 0 Å². The molecular weight excluding hydrogens is 272 g/mol. The molecule has 0 aliphatic carbocycles. The summed E-state index contributed by atoms with van der Waals surface area (Å²) in [6, 6.07) is 0. The van der Waals surface area contributed by atoms with Crippen LogP contribution in [0.2, 0.25) is 0 Å². The molecule has 0 amide bonds. The van der Waals surface area contributed by atoms with Crippen molar-refractivity contribution >= 4 is 0 Å². The first-order valence-corrected chi connectivity index (χ1v) is 9.71. The number of aliphatic hydroxyl groups is 2. The second-order valence-electron chi connectivity index (χ2n) is 7.96. The van der Waals surface area contributed by atoms with Crippen LogP contribution >= 0.6 is 0 Å². The van der Waals surface area contributed by atoms with Gasteiger partial charge in [-0.25, -0.2) is 0 Å². The van der Waals surface area contributed by atoms with Crippen LogP contribution in [0.3, 0.4) is 0 Å². The predicted molar refractivity (Wildman–Crippen MR) is 97.0 cm³/mol. The summed E-state index contributed by atoms with van der Waals surface area (Å²) in [6.07, 6.45) is 12.3. The minimum atomic E-state index is 0.329. The maximum Gasteiger partial charge on any atom is 0.0459 e. The standard InChI is InChI=1S/C20H42O2/c1-17(2)8-5-12-20(16-22)13-7-11-18(3)9-6-10-19(4)14-15-21/h17-22H,5-16H2,1-4H3. The molecule has 0 fully saturated rings. The van der Waals surface area contributed by atoms with E-state index < -0.39 is 0 Å². The van der Waals surface area contributed by atoms with Crippen LogP contribution in [-0.4, -0.2) is 23.4 Å². The van der Waals surface area contributed by atoms with E-state index in [-0.39, 0.29) is 0 Å². The Balaban J connectivity index is 3.61. The molecule has 0 radical (unpaired) electrons. The molecule has 0 bridgehead atoms. The summed E-state index contributed by atoms with van der Waals surface area (Å²) >= 11 is 0. The van der Waals surface area contributed by atoms with Crippen molar-refractivity contribution in [2.75, 3.05) is 13.2 Å². The normalized spacial score (nSPS) is 16.0. The lowest BCUT2D eigenvalue weighted by molar-refractivity contribution is 0.201. The van der Waals surface area contributed by atoms with E-state index in [4.69, 9.17) is 5.11 Å². The smallest absolute Gasteiger partial charge is 0.0459 e. The molecule has 0 aromatic carbocycles. The molecule has 0 aromatic rings. The van der Waals surface area contributed by atoms with Gasteiger partial charge in [-0.15, -0.1) is 0 Å². The average molecular weight is 315 g/mol. The Bertz CT molecular complexity index is 228. The third-order valence-corrected chi connectivity index (χ3v) is 4.98. The Hall–Kier alpha value is -0.0800. The lowest BCUT2D eigenvalue weighted by Gasteiger charge is -2.17. The van der Waals surface area contributed by atoms with Gasteiger partial charge < -0.3 is 10.2 Å². The fourth-order valence-corrected chi connectivity index (χ4v) is 3.22. The molecule has 0 rings (SSSR count). The van der Waals surface area contributed by atoms with Crippen LogP contribution in [0.25, 0.3) is 0 Å². The van der Waals surface area contributed by atoms with Crippen LogP contribution in [0.1, 0.15) is 91.9 Å². The highest BCUT2D eigenvalue weighted by molar-refractivity contribution is 4.62. The zero-order valence-electron chi connectivity index (χ0n) is 15.7. The van der Waals surface area contributed by atoms with Gasteiger partial charge in [0, 0.05) is 13.2 Å². The lowest BCUT2D eigenvalue weighted by Crippen LogP contribution is -2.08. The zero-order valence-corrected chi connectivity index (χ0v) is 15.7. The molecule has 2 nitrogen and oxygen atoms in total. The van der Waals surface area contributed by atoms with Crippen molar-refractivity contribution in [3.05, 3.63) is 0 Å². The van der Waals surface area contributed by atoms with Gasteiger partial charge in [0.25, 0.3) is 0 Å². The van der Waals surface area contributed by atoms with Crippen molar-refractivity contribution in [2.24, 2.45) is 23.7 Å². The summed E-state index contributed by atoms with van der Waals surface area (Å²) < 4.78 is 0. The van der Waals surface area contributed by atoms with Gasteiger partial charge in [-0.05, 0) is 42.9 Å². The van der Waals surface area contributed by atoms with E-state index in [1.54, 1.807) is 0 Å². The first kappa shape index (κ1) is 21.9. The quantitative estimate of drug-likeness (QED) is 0.424. The second kappa shape index (κ2) is 14.5. The number of rotatable bonds is 15. The number of hydrogen-bond donors (Lipinski definition) is 2. The minimum Gasteiger partial charge on any atom is -0.396 e. The molecule has 0 heterocycles. The Morgan fingerprint density at radius 3 is 1.50 bits per heavy atom. The van der Waals surface area contributed by atoms with E-state index >= 15 is 0 Å². The SMILES string of the molecule is CC(C)CCCC(CO)CCCC(C)CCCC(C)CCO. The lowest BCUT2D eigenvalue weighted by atomic mass is 9.90. The molecule has 0 spiro atoms. The topological polar surface area (TPSA) is 40.5 Å². The van der Waals surface area contributed by atoms with Crippen molar-refractivity contribution in [1.29, 1.82) is 0 Å². The van der Waals surface area contributed by atoms with Crippen LogP contribution in [0.5, 0.6) is 0 Å². The van der Waals surface area contributed by atoms with Gasteiger partial charge in [0.15, 0.2) is 0 Å². The molecule has 0 aliphatic heterocycles. The second-order valence-corrected chi connectivity index (χ2v) is 7.96. The third-order valence-electron chi connectivity index (χ3n) is 4.98. The molecule has 0 saturated heterocycles. The zero-order chi connectivity index (χ0) is 16.8. The fraction of sp³-hybridized carbons (Fsp3) is 1.00. The van der Waals surface area contributed by atoms with E-state index in [0.29, 0.717) is 25.0 Å². The third kappa shape index (κ3) is 13.6. The molecule has 0 aromatic heterocycles. The molecule has 22 heavy (non-hydrogen) atoms. The molecule has 3 unspecified atom stereocenters. The minimum absolute atomic E-state index is 0.329. The van der Waals surface area contributed by atoms with Gasteiger partial charge in [0.2, 0.25) is 0 Å². The van der Waals surface area contributed by atoms with Crippen LogP contribution < -0.4 is 0 Å². The first-order valence-electron chi connectivity index (χ1n) is 9.71. The van der Waals surface area contributed by atoms with Gasteiger partial charge >= 0.3 is 0 Å². The van der Waals surface area contributed by atoms with Crippen molar-refractivity contribution in [3.8, 4) is 0 Å². The number of hydrogen-bond acceptors (Lipinski definition) is 2. The molecule has 2 heteroatoms. The van der Waals surface area contributed by atoms with Gasteiger partial charge in [-0.2, -0.15) is 0 Å². The van der Waals surface area contributed by atoms with Crippen molar-refractivity contribution in [3.63, 3.8) is 0 Å². The van der Waals surface area contributed by atoms with E-state index in [9.17, 15) is 5.11 Å². The van der Waals surface area contributed by atoms with Gasteiger partial charge in [-0.3, -0.25) is 0 Å². The van der Waals surface area contributed by atoms with E-state index in [1.807, 2.05) is 0 Å². The van der Waals surface area contributed by atoms with Crippen LogP contribution in [0.4, 0.5) is 0 Å². The molecule has 0 aliphatic rings. The Kier molecular flexibility index (Phi) is 14.5. The van der Waals surface area contributed by atoms with Crippen LogP contribution in [-0.2, 0) is 0 Å². The number of aliphatic hydroxyl groups excluding tert-OH is 2. The van der Waals surface area contributed by atoms with Crippen molar-refractivity contribution < 1.29 is 10.2 Å². The summed E-state index contributed by atoms with van der Waals surface area (Å²) in [5.74, 6) is 2.77. The summed E-state index contributed by atoms with van der Waals surface area (Å²) in [6.45, 7) is 9.85. The molecule has 3 atom stereocenters. The van der Waals surface area contributed by atoms with E-state index in [1.165, 1.54) is 57.8 Å². The first-order chi connectivity index (χ1) is 10.5. The summed E-state index contributed by atoms with van der Waals surface area (Å²) in [5.41, 5.74) is 0. The maximum atomic E-state index is 9.49. The molecule has 0 saturated carbocycles. The highest BCUT2D eigenvalue weighted by Crippen LogP contribution is 2.22. The summed E-state index contributed by atoms with van der Waals surface area (Å²) in [5, 5.41) is 18.4. The van der Waals surface area contributed by atoms with Gasteiger partial charge in [0.1, 0.15) is 0 Å². The van der Waals surface area contributed by atoms with Crippen LogP contribution in [0, 0.1) is 23.7 Å².